The van der Waals surface area contributed by atoms with Crippen molar-refractivity contribution in [2.24, 2.45) is 0 Å². The molecule has 1 N–H and O–H groups in total. The highest BCUT2D eigenvalue weighted by Gasteiger charge is 2.23. The molecule has 3 heterocycles. The summed E-state index contributed by atoms with van der Waals surface area (Å²) in [5, 5.41) is 3.48. The van der Waals surface area contributed by atoms with E-state index in [1.807, 2.05) is 11.0 Å². The number of hydrogen-bond acceptors (Lipinski definition) is 6. The van der Waals surface area contributed by atoms with E-state index in [9.17, 15) is 18.8 Å². The number of nitrogens with zero attached hydrogens (tertiary/aromatic N) is 4. The lowest BCUT2D eigenvalue weighted by atomic mass is 9.97. The number of halogens is 1. The molecule has 0 unspecified atom stereocenters. The van der Waals surface area contributed by atoms with Gasteiger partial charge in [-0.05, 0) is 49.8 Å². The van der Waals surface area contributed by atoms with Crippen LogP contribution in [0, 0.1) is 5.82 Å². The van der Waals surface area contributed by atoms with Crippen molar-refractivity contribution in [2.75, 3.05) is 37.6 Å². The van der Waals surface area contributed by atoms with Gasteiger partial charge in [-0.2, -0.15) is 0 Å². The van der Waals surface area contributed by atoms with Crippen LogP contribution in [0.25, 0.3) is 10.2 Å². The summed E-state index contributed by atoms with van der Waals surface area (Å²) < 4.78 is 15.4. The zero-order chi connectivity index (χ0) is 25.1. The Bertz CT molecular complexity index is 1330. The van der Waals surface area contributed by atoms with Gasteiger partial charge in [-0.25, -0.2) is 9.37 Å². The van der Waals surface area contributed by atoms with Crippen LogP contribution < -0.4 is 15.8 Å². The average molecular weight is 512 g/mol. The SMILES string of the molecule is O=C(Cn1cnc2sc3c(c2c1=O)CCCC3)NCCCC(=O)N1CCN(c2ccccc2F)CC1. The number of aryl methyl sites for hydroxylation is 2. The number of aromatic nitrogens is 2. The van der Waals surface area contributed by atoms with Gasteiger partial charge in [0.15, 0.2) is 0 Å². The Morgan fingerprint density at radius 1 is 1.08 bits per heavy atom. The number of rotatable bonds is 7. The zero-order valence-corrected chi connectivity index (χ0v) is 21.0. The predicted molar refractivity (Wildman–Crippen MR) is 138 cm³/mol. The second kappa shape index (κ2) is 10.8. The number of para-hydroxylation sites is 1. The minimum absolute atomic E-state index is 0.0329. The van der Waals surface area contributed by atoms with E-state index in [0.717, 1.165) is 36.1 Å². The number of hydrogen-bond donors (Lipinski definition) is 1. The van der Waals surface area contributed by atoms with Gasteiger partial charge in [-0.3, -0.25) is 19.0 Å². The lowest BCUT2D eigenvalue weighted by Gasteiger charge is -2.36. The Labute approximate surface area is 212 Å². The van der Waals surface area contributed by atoms with E-state index in [4.69, 9.17) is 0 Å². The van der Waals surface area contributed by atoms with Crippen molar-refractivity contribution in [1.82, 2.24) is 19.8 Å². The minimum Gasteiger partial charge on any atom is -0.366 e. The smallest absolute Gasteiger partial charge is 0.262 e. The van der Waals surface area contributed by atoms with E-state index in [0.29, 0.717) is 56.6 Å². The van der Waals surface area contributed by atoms with Crippen molar-refractivity contribution >= 4 is 39.1 Å². The Hall–Kier alpha value is -3.27. The Morgan fingerprint density at radius 2 is 1.86 bits per heavy atom. The maximum atomic E-state index is 14.0. The number of carbonyl (C=O) groups is 2. The molecule has 2 amide bonds. The molecule has 10 heteroatoms. The molecule has 2 aliphatic rings. The standard InChI is InChI=1S/C26H30FN5O3S/c27-19-7-2-3-8-20(19)30-12-14-31(15-13-30)23(34)10-5-11-28-22(33)16-32-17-29-25-24(26(32)35)18-6-1-4-9-21(18)36-25/h2-3,7-8,17H,1,4-6,9-16H2,(H,28,33). The fraction of sp³-hybridized carbons (Fsp3) is 0.462. The summed E-state index contributed by atoms with van der Waals surface area (Å²) in [5.41, 5.74) is 1.53. The normalized spacial score (nSPS) is 15.7. The molecule has 1 saturated heterocycles. The van der Waals surface area contributed by atoms with Gasteiger partial charge in [0.1, 0.15) is 17.2 Å². The van der Waals surface area contributed by atoms with Crippen LogP contribution in [0.15, 0.2) is 35.4 Å². The van der Waals surface area contributed by atoms with Crippen molar-refractivity contribution in [1.29, 1.82) is 0 Å². The summed E-state index contributed by atoms with van der Waals surface area (Å²) in [7, 11) is 0. The number of piperazine rings is 1. The molecule has 36 heavy (non-hydrogen) atoms. The lowest BCUT2D eigenvalue weighted by molar-refractivity contribution is -0.131. The van der Waals surface area contributed by atoms with Gasteiger partial charge in [0.05, 0.1) is 17.4 Å². The van der Waals surface area contributed by atoms with E-state index in [2.05, 4.69) is 10.3 Å². The molecule has 0 radical (unpaired) electrons. The molecule has 2 aromatic heterocycles. The van der Waals surface area contributed by atoms with Gasteiger partial charge in [-0.1, -0.05) is 12.1 Å². The first-order valence-corrected chi connectivity index (χ1v) is 13.4. The molecule has 0 spiro atoms. The van der Waals surface area contributed by atoms with Crippen LogP contribution in [0.1, 0.15) is 36.1 Å². The highest BCUT2D eigenvalue weighted by atomic mass is 32.1. The fourth-order valence-corrected chi connectivity index (χ4v) is 6.25. The molecule has 1 fully saturated rings. The van der Waals surface area contributed by atoms with Gasteiger partial charge < -0.3 is 15.1 Å². The third-order valence-electron chi connectivity index (χ3n) is 6.97. The third-order valence-corrected chi connectivity index (χ3v) is 8.17. The minimum atomic E-state index is -0.270. The first-order chi connectivity index (χ1) is 17.5. The van der Waals surface area contributed by atoms with Gasteiger partial charge in [0, 0.05) is 44.0 Å². The van der Waals surface area contributed by atoms with E-state index in [1.165, 1.54) is 21.8 Å². The third kappa shape index (κ3) is 5.13. The number of anilines is 1. The molecule has 1 aliphatic carbocycles. The van der Waals surface area contributed by atoms with Crippen LogP contribution in [-0.2, 0) is 29.0 Å². The molecule has 3 aromatic rings. The number of fused-ring (bicyclic) bond motifs is 3. The molecular weight excluding hydrogens is 481 g/mol. The summed E-state index contributed by atoms with van der Waals surface area (Å²) in [5.74, 6) is -0.487. The first-order valence-electron chi connectivity index (χ1n) is 12.5. The van der Waals surface area contributed by atoms with E-state index in [-0.39, 0.29) is 29.7 Å². The summed E-state index contributed by atoms with van der Waals surface area (Å²) in [6.07, 6.45) is 6.41. The maximum Gasteiger partial charge on any atom is 0.262 e. The van der Waals surface area contributed by atoms with E-state index < -0.39 is 0 Å². The zero-order valence-electron chi connectivity index (χ0n) is 20.2. The molecule has 0 atom stereocenters. The molecule has 0 saturated carbocycles. The second-order valence-electron chi connectivity index (χ2n) is 9.34. The highest BCUT2D eigenvalue weighted by molar-refractivity contribution is 7.18. The van der Waals surface area contributed by atoms with Crippen molar-refractivity contribution < 1.29 is 14.0 Å². The largest absolute Gasteiger partial charge is 0.366 e. The summed E-state index contributed by atoms with van der Waals surface area (Å²) in [4.78, 5) is 48.2. The summed E-state index contributed by atoms with van der Waals surface area (Å²) in [6, 6.07) is 6.68. The van der Waals surface area contributed by atoms with Gasteiger partial charge in [0.25, 0.3) is 5.56 Å². The van der Waals surface area contributed by atoms with Crippen LogP contribution in [0.5, 0.6) is 0 Å². The number of nitrogens with one attached hydrogen (secondary N) is 1. The van der Waals surface area contributed by atoms with Crippen molar-refractivity contribution in [3.63, 3.8) is 0 Å². The maximum absolute atomic E-state index is 14.0. The quantitative estimate of drug-likeness (QED) is 0.493. The first kappa shape index (κ1) is 24.4. The number of amides is 2. The predicted octanol–water partition coefficient (Wildman–Crippen LogP) is 2.72. The summed E-state index contributed by atoms with van der Waals surface area (Å²) >= 11 is 1.59. The molecule has 190 valence electrons. The molecule has 5 rings (SSSR count). The summed E-state index contributed by atoms with van der Waals surface area (Å²) in [6.45, 7) is 2.54. The van der Waals surface area contributed by atoms with Crippen LogP contribution in [0.4, 0.5) is 10.1 Å². The Kier molecular flexibility index (Phi) is 7.31. The van der Waals surface area contributed by atoms with Crippen LogP contribution in [-0.4, -0.2) is 59.0 Å². The van der Waals surface area contributed by atoms with Crippen LogP contribution in [0.3, 0.4) is 0 Å². The topological polar surface area (TPSA) is 87.5 Å². The molecule has 1 aromatic carbocycles. The molecule has 1 aliphatic heterocycles. The number of benzene rings is 1. The molecule has 8 nitrogen and oxygen atoms in total. The molecule has 0 bridgehead atoms. The second-order valence-corrected chi connectivity index (χ2v) is 10.4. The van der Waals surface area contributed by atoms with Crippen LogP contribution in [0.2, 0.25) is 0 Å². The Balaban J connectivity index is 1.07. The van der Waals surface area contributed by atoms with Crippen molar-refractivity contribution in [2.45, 2.75) is 45.1 Å². The molecular formula is C26H30FN5O3S. The van der Waals surface area contributed by atoms with E-state index >= 15 is 0 Å². The average Bonchev–Trinajstić information content (AvgIpc) is 3.28. The van der Waals surface area contributed by atoms with Crippen LogP contribution >= 0.6 is 11.3 Å². The number of carbonyl (C=O) groups excluding carboxylic acids is 2. The fourth-order valence-electron chi connectivity index (χ4n) is 5.03. The monoisotopic (exact) mass is 511 g/mol. The lowest BCUT2D eigenvalue weighted by Crippen LogP contribution is -2.49. The van der Waals surface area contributed by atoms with Gasteiger partial charge in [0.2, 0.25) is 11.8 Å². The number of thiophene rings is 1. The highest BCUT2D eigenvalue weighted by Crippen LogP contribution is 2.33. The van der Waals surface area contributed by atoms with Gasteiger partial charge >= 0.3 is 0 Å². The van der Waals surface area contributed by atoms with E-state index in [1.54, 1.807) is 28.4 Å². The van der Waals surface area contributed by atoms with Crippen molar-refractivity contribution in [3.8, 4) is 0 Å². The van der Waals surface area contributed by atoms with Crippen molar-refractivity contribution in [3.05, 3.63) is 57.2 Å². The Morgan fingerprint density at radius 3 is 2.67 bits per heavy atom. The van der Waals surface area contributed by atoms with Gasteiger partial charge in [-0.15, -0.1) is 11.3 Å².